The summed E-state index contributed by atoms with van der Waals surface area (Å²) in [5, 5.41) is 0. The smallest absolute Gasteiger partial charge is 0.209 e. The van der Waals surface area contributed by atoms with Crippen molar-refractivity contribution in [2.75, 3.05) is 62.2 Å². The molecule has 0 saturated carbocycles. The van der Waals surface area contributed by atoms with E-state index in [-0.39, 0.29) is 5.82 Å². The fourth-order valence-electron chi connectivity index (χ4n) is 4.05. The van der Waals surface area contributed by atoms with E-state index in [4.69, 9.17) is 0 Å². The molecule has 2 aliphatic rings. The van der Waals surface area contributed by atoms with Gasteiger partial charge in [-0.15, -0.1) is 0 Å². The average molecular weight is 555 g/mol. The van der Waals surface area contributed by atoms with E-state index in [1.165, 1.54) is 12.1 Å². The standard InChI is InChI=1S/C16H16FN3O.C10H12BrN3O/c17-15-4-1-13(2-5-15)14-3-6-16(18-11-14)20-9-7-19(12-21)8-10-20;11-9-1-2-10(12-7-9)14-5-3-13(8-15)4-6-14/h1-6,11-12H,7-10H2;1-2,7-8H,3-6H2. The fourth-order valence-corrected chi connectivity index (χ4v) is 4.29. The van der Waals surface area contributed by atoms with Gasteiger partial charge in [0.15, 0.2) is 0 Å². The fraction of sp³-hybridized carbons (Fsp3) is 0.308. The molecular formula is C26H28BrFN6O2. The maximum atomic E-state index is 12.9. The minimum Gasteiger partial charge on any atom is -0.353 e. The zero-order valence-corrected chi connectivity index (χ0v) is 21.4. The monoisotopic (exact) mass is 554 g/mol. The van der Waals surface area contributed by atoms with E-state index in [0.29, 0.717) is 0 Å². The zero-order chi connectivity index (χ0) is 25.3. The molecule has 0 spiro atoms. The number of amides is 2. The van der Waals surface area contributed by atoms with Gasteiger partial charge in [-0.3, -0.25) is 9.59 Å². The number of halogens is 2. The Morgan fingerprint density at radius 2 is 1.11 bits per heavy atom. The molecule has 188 valence electrons. The molecule has 2 saturated heterocycles. The Morgan fingerprint density at radius 1 is 0.639 bits per heavy atom. The number of carbonyl (C=O) groups excluding carboxylic acids is 2. The van der Waals surface area contributed by atoms with Crippen molar-refractivity contribution < 1.29 is 14.0 Å². The number of carbonyl (C=O) groups is 2. The van der Waals surface area contributed by atoms with Crippen LogP contribution in [0.2, 0.25) is 0 Å². The molecule has 0 atom stereocenters. The van der Waals surface area contributed by atoms with E-state index in [1.807, 2.05) is 24.3 Å². The molecule has 5 rings (SSSR count). The molecule has 10 heteroatoms. The van der Waals surface area contributed by atoms with Gasteiger partial charge in [0, 0.05) is 74.8 Å². The first kappa shape index (κ1) is 25.6. The number of aromatic nitrogens is 2. The average Bonchev–Trinajstić information content (AvgIpc) is 2.94. The van der Waals surface area contributed by atoms with E-state index in [1.54, 1.807) is 34.3 Å². The highest BCUT2D eigenvalue weighted by Crippen LogP contribution is 2.22. The molecule has 36 heavy (non-hydrogen) atoms. The largest absolute Gasteiger partial charge is 0.353 e. The van der Waals surface area contributed by atoms with Crippen LogP contribution in [0, 0.1) is 5.82 Å². The maximum absolute atomic E-state index is 12.9. The summed E-state index contributed by atoms with van der Waals surface area (Å²) >= 11 is 3.35. The highest BCUT2D eigenvalue weighted by molar-refractivity contribution is 9.10. The van der Waals surface area contributed by atoms with E-state index in [0.717, 1.165) is 92.4 Å². The molecule has 0 N–H and O–H groups in total. The number of nitrogens with zero attached hydrogens (tertiary/aromatic N) is 6. The van der Waals surface area contributed by atoms with Crippen molar-refractivity contribution in [3.63, 3.8) is 0 Å². The van der Waals surface area contributed by atoms with Crippen molar-refractivity contribution in [1.29, 1.82) is 0 Å². The highest BCUT2D eigenvalue weighted by atomic mass is 79.9. The van der Waals surface area contributed by atoms with E-state index in [9.17, 15) is 14.0 Å². The summed E-state index contributed by atoms with van der Waals surface area (Å²) in [6, 6.07) is 14.3. The van der Waals surface area contributed by atoms with Crippen LogP contribution in [0.1, 0.15) is 0 Å². The van der Waals surface area contributed by atoms with Gasteiger partial charge in [0.05, 0.1) is 0 Å². The van der Waals surface area contributed by atoms with Crippen molar-refractivity contribution in [1.82, 2.24) is 19.8 Å². The van der Waals surface area contributed by atoms with Crippen LogP contribution in [-0.4, -0.2) is 84.9 Å². The summed E-state index contributed by atoms with van der Waals surface area (Å²) in [6.07, 6.45) is 5.39. The summed E-state index contributed by atoms with van der Waals surface area (Å²) in [7, 11) is 0. The maximum Gasteiger partial charge on any atom is 0.209 e. The van der Waals surface area contributed by atoms with Crippen molar-refractivity contribution in [3.8, 4) is 11.1 Å². The number of hydrogen-bond acceptors (Lipinski definition) is 6. The second-order valence-electron chi connectivity index (χ2n) is 8.50. The summed E-state index contributed by atoms with van der Waals surface area (Å²) in [6.45, 7) is 6.31. The summed E-state index contributed by atoms with van der Waals surface area (Å²) < 4.78 is 13.9. The first-order valence-corrected chi connectivity index (χ1v) is 12.6. The lowest BCUT2D eigenvalue weighted by Gasteiger charge is -2.33. The molecule has 2 aliphatic heterocycles. The van der Waals surface area contributed by atoms with Crippen molar-refractivity contribution in [3.05, 3.63) is 71.2 Å². The molecule has 0 bridgehead atoms. The van der Waals surface area contributed by atoms with Crippen LogP contribution < -0.4 is 9.80 Å². The first-order valence-electron chi connectivity index (χ1n) is 11.8. The van der Waals surface area contributed by atoms with Crippen LogP contribution in [0.3, 0.4) is 0 Å². The van der Waals surface area contributed by atoms with Gasteiger partial charge in [-0.25, -0.2) is 14.4 Å². The molecule has 2 fully saturated rings. The van der Waals surface area contributed by atoms with Gasteiger partial charge < -0.3 is 19.6 Å². The molecular weight excluding hydrogens is 527 g/mol. The van der Waals surface area contributed by atoms with Gasteiger partial charge in [-0.2, -0.15) is 0 Å². The molecule has 2 aromatic heterocycles. The second-order valence-corrected chi connectivity index (χ2v) is 9.42. The third-order valence-electron chi connectivity index (χ3n) is 6.21. The first-order chi connectivity index (χ1) is 17.6. The summed E-state index contributed by atoms with van der Waals surface area (Å²) in [5.74, 6) is 1.64. The molecule has 0 unspecified atom stereocenters. The molecule has 8 nitrogen and oxygen atoms in total. The Labute approximate surface area is 218 Å². The lowest BCUT2D eigenvalue weighted by atomic mass is 10.1. The van der Waals surface area contributed by atoms with Gasteiger partial charge >= 0.3 is 0 Å². The Balaban J connectivity index is 0.000000179. The lowest BCUT2D eigenvalue weighted by molar-refractivity contribution is -0.119. The normalized spacial score (nSPS) is 15.7. The van der Waals surface area contributed by atoms with Crippen LogP contribution in [0.4, 0.5) is 16.0 Å². The van der Waals surface area contributed by atoms with Crippen LogP contribution in [0.15, 0.2) is 65.4 Å². The topological polar surface area (TPSA) is 72.9 Å². The summed E-state index contributed by atoms with van der Waals surface area (Å²) in [5.41, 5.74) is 1.91. The van der Waals surface area contributed by atoms with Gasteiger partial charge in [0.2, 0.25) is 12.8 Å². The van der Waals surface area contributed by atoms with Crippen LogP contribution in [-0.2, 0) is 9.59 Å². The predicted octanol–water partition coefficient (Wildman–Crippen LogP) is 3.29. The van der Waals surface area contributed by atoms with E-state index >= 15 is 0 Å². The number of pyridine rings is 2. The molecule has 0 aliphatic carbocycles. The van der Waals surface area contributed by atoms with E-state index < -0.39 is 0 Å². The number of benzene rings is 1. The number of rotatable bonds is 5. The van der Waals surface area contributed by atoms with Crippen LogP contribution >= 0.6 is 15.9 Å². The van der Waals surface area contributed by atoms with Crippen molar-refractivity contribution >= 4 is 40.4 Å². The van der Waals surface area contributed by atoms with Gasteiger partial charge in [0.1, 0.15) is 17.5 Å². The van der Waals surface area contributed by atoms with E-state index in [2.05, 4.69) is 35.7 Å². The molecule has 2 amide bonds. The van der Waals surface area contributed by atoms with Gasteiger partial charge in [-0.05, 0) is 57.9 Å². The Kier molecular flexibility index (Phi) is 8.83. The van der Waals surface area contributed by atoms with Crippen molar-refractivity contribution in [2.24, 2.45) is 0 Å². The third kappa shape index (κ3) is 6.78. The quantitative estimate of drug-likeness (QED) is 0.450. The number of anilines is 2. The van der Waals surface area contributed by atoms with Gasteiger partial charge in [0.25, 0.3) is 0 Å². The highest BCUT2D eigenvalue weighted by Gasteiger charge is 2.17. The Hall–Kier alpha value is -3.53. The zero-order valence-electron chi connectivity index (χ0n) is 19.8. The number of piperazine rings is 2. The Bertz CT molecular complexity index is 1110. The van der Waals surface area contributed by atoms with Crippen LogP contribution in [0.25, 0.3) is 11.1 Å². The molecule has 4 heterocycles. The second kappa shape index (κ2) is 12.4. The molecule has 1 aromatic carbocycles. The number of hydrogen-bond donors (Lipinski definition) is 0. The Morgan fingerprint density at radius 3 is 1.53 bits per heavy atom. The van der Waals surface area contributed by atoms with Crippen LogP contribution in [0.5, 0.6) is 0 Å². The lowest BCUT2D eigenvalue weighted by Crippen LogP contribution is -2.45. The SMILES string of the molecule is O=CN1CCN(c2ccc(-c3ccc(F)cc3)cn2)CC1.O=CN1CCN(c2ccc(Br)cn2)CC1. The third-order valence-corrected chi connectivity index (χ3v) is 6.68. The minimum atomic E-state index is -0.239. The van der Waals surface area contributed by atoms with Gasteiger partial charge in [-0.1, -0.05) is 12.1 Å². The molecule has 3 aromatic rings. The molecule has 0 radical (unpaired) electrons. The predicted molar refractivity (Wildman–Crippen MR) is 141 cm³/mol. The van der Waals surface area contributed by atoms with Crippen molar-refractivity contribution in [2.45, 2.75) is 0 Å². The minimum absolute atomic E-state index is 0.239. The summed E-state index contributed by atoms with van der Waals surface area (Å²) in [4.78, 5) is 37.9.